The summed E-state index contributed by atoms with van der Waals surface area (Å²) >= 11 is 0. The molecule has 0 amide bonds. The first-order valence-electron chi connectivity index (χ1n) is 4.58. The summed E-state index contributed by atoms with van der Waals surface area (Å²) in [6.07, 6.45) is 3.24. The third-order valence-corrected chi connectivity index (χ3v) is 1.86. The first kappa shape index (κ1) is 9.26. The Labute approximate surface area is 73.8 Å². The SMILES string of the molecule is CC.Cn1cc2c(n1)CNCC2. The average molecular weight is 167 g/mol. The summed E-state index contributed by atoms with van der Waals surface area (Å²) in [6.45, 7) is 6.04. The Hall–Kier alpha value is -0.830. The lowest BCUT2D eigenvalue weighted by Crippen LogP contribution is -2.22. The van der Waals surface area contributed by atoms with Gasteiger partial charge in [-0.15, -0.1) is 0 Å². The van der Waals surface area contributed by atoms with Gasteiger partial charge in [0, 0.05) is 19.8 Å². The highest BCUT2D eigenvalue weighted by Crippen LogP contribution is 2.09. The van der Waals surface area contributed by atoms with Gasteiger partial charge in [-0.3, -0.25) is 4.68 Å². The molecule has 0 saturated heterocycles. The van der Waals surface area contributed by atoms with Crippen LogP contribution in [-0.2, 0) is 20.0 Å². The van der Waals surface area contributed by atoms with Crippen molar-refractivity contribution in [2.75, 3.05) is 6.54 Å². The van der Waals surface area contributed by atoms with Crippen LogP contribution in [0.4, 0.5) is 0 Å². The van der Waals surface area contributed by atoms with Gasteiger partial charge in [-0.25, -0.2) is 0 Å². The van der Waals surface area contributed by atoms with Crippen LogP contribution in [0.3, 0.4) is 0 Å². The number of fused-ring (bicyclic) bond motifs is 1. The average Bonchev–Trinajstić information content (AvgIpc) is 2.48. The topological polar surface area (TPSA) is 29.9 Å². The largest absolute Gasteiger partial charge is 0.311 e. The lowest BCUT2D eigenvalue weighted by Gasteiger charge is -2.09. The molecule has 0 spiro atoms. The molecule has 0 atom stereocenters. The molecule has 1 aliphatic rings. The number of hydrogen-bond donors (Lipinski definition) is 1. The number of aromatic nitrogens is 2. The monoisotopic (exact) mass is 167 g/mol. The minimum atomic E-state index is 0.941. The zero-order valence-corrected chi connectivity index (χ0v) is 8.09. The minimum Gasteiger partial charge on any atom is -0.311 e. The molecule has 0 fully saturated rings. The molecule has 0 aromatic carbocycles. The zero-order chi connectivity index (χ0) is 8.97. The first-order valence-corrected chi connectivity index (χ1v) is 4.58. The predicted octanol–water partition coefficient (Wildman–Crippen LogP) is 1.09. The second-order valence-corrected chi connectivity index (χ2v) is 2.70. The Morgan fingerprint density at radius 2 is 2.25 bits per heavy atom. The van der Waals surface area contributed by atoms with Gasteiger partial charge in [0.15, 0.2) is 0 Å². The third kappa shape index (κ3) is 1.85. The summed E-state index contributed by atoms with van der Waals surface area (Å²) in [6, 6.07) is 0. The van der Waals surface area contributed by atoms with Gasteiger partial charge in [-0.05, 0) is 18.5 Å². The van der Waals surface area contributed by atoms with Crippen molar-refractivity contribution in [2.24, 2.45) is 7.05 Å². The Bertz CT molecular complexity index is 216. The predicted molar refractivity (Wildman–Crippen MR) is 50.0 cm³/mol. The van der Waals surface area contributed by atoms with E-state index < -0.39 is 0 Å². The van der Waals surface area contributed by atoms with E-state index in [1.54, 1.807) is 0 Å². The van der Waals surface area contributed by atoms with Crippen LogP contribution in [-0.4, -0.2) is 16.3 Å². The summed E-state index contributed by atoms with van der Waals surface area (Å²) in [7, 11) is 1.97. The molecule has 3 heteroatoms. The lowest BCUT2D eigenvalue weighted by atomic mass is 10.1. The Balaban J connectivity index is 0.000000336. The second-order valence-electron chi connectivity index (χ2n) is 2.70. The smallest absolute Gasteiger partial charge is 0.0794 e. The second kappa shape index (κ2) is 4.26. The molecule has 12 heavy (non-hydrogen) atoms. The van der Waals surface area contributed by atoms with E-state index in [-0.39, 0.29) is 0 Å². The van der Waals surface area contributed by atoms with Crippen LogP contribution in [0.1, 0.15) is 25.1 Å². The molecule has 2 heterocycles. The van der Waals surface area contributed by atoms with Gasteiger partial charge >= 0.3 is 0 Å². The molecule has 68 valence electrons. The number of aryl methyl sites for hydroxylation is 1. The first-order chi connectivity index (χ1) is 5.86. The Kier molecular flexibility index (Phi) is 3.29. The number of rotatable bonds is 0. The van der Waals surface area contributed by atoms with Crippen LogP contribution >= 0.6 is 0 Å². The molecule has 2 rings (SSSR count). The van der Waals surface area contributed by atoms with Crippen molar-refractivity contribution in [1.29, 1.82) is 0 Å². The lowest BCUT2D eigenvalue weighted by molar-refractivity contribution is 0.625. The maximum Gasteiger partial charge on any atom is 0.0794 e. The summed E-state index contributed by atoms with van der Waals surface area (Å²) in [5, 5.41) is 7.58. The van der Waals surface area contributed by atoms with E-state index in [0.717, 1.165) is 19.5 Å². The van der Waals surface area contributed by atoms with Gasteiger partial charge in [0.05, 0.1) is 5.69 Å². The molecule has 0 bridgehead atoms. The van der Waals surface area contributed by atoms with E-state index in [0.29, 0.717) is 0 Å². The Morgan fingerprint density at radius 3 is 2.92 bits per heavy atom. The van der Waals surface area contributed by atoms with Crippen LogP contribution in [0.25, 0.3) is 0 Å². The highest BCUT2D eigenvalue weighted by molar-refractivity contribution is 5.19. The summed E-state index contributed by atoms with van der Waals surface area (Å²) in [5.74, 6) is 0. The molecule has 1 aromatic rings. The van der Waals surface area contributed by atoms with E-state index >= 15 is 0 Å². The van der Waals surface area contributed by atoms with E-state index in [1.807, 2.05) is 25.6 Å². The molecule has 1 N–H and O–H groups in total. The highest BCUT2D eigenvalue weighted by atomic mass is 15.3. The molecule has 0 radical (unpaired) electrons. The van der Waals surface area contributed by atoms with E-state index in [9.17, 15) is 0 Å². The van der Waals surface area contributed by atoms with Crippen molar-refractivity contribution in [3.8, 4) is 0 Å². The van der Waals surface area contributed by atoms with Crippen LogP contribution in [0.2, 0.25) is 0 Å². The van der Waals surface area contributed by atoms with Gasteiger partial charge in [0.25, 0.3) is 0 Å². The fourth-order valence-corrected chi connectivity index (χ4v) is 1.37. The van der Waals surface area contributed by atoms with Gasteiger partial charge < -0.3 is 5.32 Å². The van der Waals surface area contributed by atoms with E-state index in [1.165, 1.54) is 11.3 Å². The fraction of sp³-hybridized carbons (Fsp3) is 0.667. The molecule has 0 aliphatic carbocycles. The normalized spacial score (nSPS) is 14.6. The van der Waals surface area contributed by atoms with Crippen molar-refractivity contribution in [2.45, 2.75) is 26.8 Å². The van der Waals surface area contributed by atoms with Gasteiger partial charge in [0.2, 0.25) is 0 Å². The maximum absolute atomic E-state index is 4.31. The van der Waals surface area contributed by atoms with Crippen molar-refractivity contribution >= 4 is 0 Å². The van der Waals surface area contributed by atoms with E-state index in [2.05, 4.69) is 16.6 Å². The molecular formula is C9H17N3. The van der Waals surface area contributed by atoms with Crippen molar-refractivity contribution in [1.82, 2.24) is 15.1 Å². The minimum absolute atomic E-state index is 0.941. The van der Waals surface area contributed by atoms with Crippen LogP contribution < -0.4 is 5.32 Å². The number of nitrogens with zero attached hydrogens (tertiary/aromatic N) is 2. The molecule has 1 aromatic heterocycles. The molecule has 0 unspecified atom stereocenters. The molecule has 3 nitrogen and oxygen atoms in total. The number of hydrogen-bond acceptors (Lipinski definition) is 2. The molecular weight excluding hydrogens is 150 g/mol. The van der Waals surface area contributed by atoms with Crippen LogP contribution in [0.5, 0.6) is 0 Å². The van der Waals surface area contributed by atoms with Gasteiger partial charge in [-0.2, -0.15) is 5.10 Å². The van der Waals surface area contributed by atoms with Crippen LogP contribution in [0, 0.1) is 0 Å². The maximum atomic E-state index is 4.31. The Morgan fingerprint density at radius 1 is 1.50 bits per heavy atom. The molecule has 1 aliphatic heterocycles. The standard InChI is InChI=1S/C7H11N3.C2H6/c1-10-5-6-2-3-8-4-7(6)9-10;1-2/h5,8H,2-4H2,1H3;1-2H3. The number of nitrogens with one attached hydrogen (secondary N) is 1. The van der Waals surface area contributed by atoms with Crippen molar-refractivity contribution in [3.05, 3.63) is 17.5 Å². The quantitative estimate of drug-likeness (QED) is 0.627. The summed E-state index contributed by atoms with van der Waals surface area (Å²) in [5.41, 5.74) is 2.62. The van der Waals surface area contributed by atoms with E-state index in [4.69, 9.17) is 0 Å². The fourth-order valence-electron chi connectivity index (χ4n) is 1.37. The van der Waals surface area contributed by atoms with Gasteiger partial charge in [-0.1, -0.05) is 13.8 Å². The van der Waals surface area contributed by atoms with Crippen LogP contribution in [0.15, 0.2) is 6.20 Å². The summed E-state index contributed by atoms with van der Waals surface area (Å²) < 4.78 is 1.89. The summed E-state index contributed by atoms with van der Waals surface area (Å²) in [4.78, 5) is 0. The highest BCUT2D eigenvalue weighted by Gasteiger charge is 2.10. The molecule has 0 saturated carbocycles. The third-order valence-electron chi connectivity index (χ3n) is 1.86. The zero-order valence-electron chi connectivity index (χ0n) is 8.09. The van der Waals surface area contributed by atoms with Crippen molar-refractivity contribution < 1.29 is 0 Å². The van der Waals surface area contributed by atoms with Gasteiger partial charge in [0.1, 0.15) is 0 Å². The van der Waals surface area contributed by atoms with Crippen molar-refractivity contribution in [3.63, 3.8) is 0 Å².